The van der Waals surface area contributed by atoms with Crippen molar-refractivity contribution in [3.05, 3.63) is 53.1 Å². The summed E-state index contributed by atoms with van der Waals surface area (Å²) in [5, 5.41) is 2.66. The van der Waals surface area contributed by atoms with Crippen LogP contribution in [0.4, 0.5) is 8.78 Å². The molecule has 0 aliphatic rings. The van der Waals surface area contributed by atoms with Crippen LogP contribution < -0.4 is 19.5 Å². The van der Waals surface area contributed by atoms with Crippen LogP contribution in [0.5, 0.6) is 17.2 Å². The van der Waals surface area contributed by atoms with E-state index in [1.807, 2.05) is 0 Å². The molecule has 134 valence electrons. The Balaban J connectivity index is 2.28. The normalized spacial score (nSPS) is 11.6. The second-order valence-electron chi connectivity index (χ2n) is 5.27. The second kappa shape index (κ2) is 7.83. The Labute approximate surface area is 144 Å². The topological polar surface area (TPSA) is 56.8 Å². The highest BCUT2D eigenvalue weighted by molar-refractivity contribution is 5.95. The quantitative estimate of drug-likeness (QED) is 0.866. The summed E-state index contributed by atoms with van der Waals surface area (Å²) in [7, 11) is 4.34. The Hall–Kier alpha value is -2.83. The van der Waals surface area contributed by atoms with Crippen molar-refractivity contribution in [2.45, 2.75) is 13.0 Å². The molecule has 1 N–H and O–H groups in total. The van der Waals surface area contributed by atoms with Crippen molar-refractivity contribution in [3.63, 3.8) is 0 Å². The molecule has 7 heteroatoms. The number of amides is 1. The van der Waals surface area contributed by atoms with Crippen LogP contribution in [0, 0.1) is 11.6 Å². The minimum Gasteiger partial charge on any atom is -0.493 e. The largest absolute Gasteiger partial charge is 0.493 e. The molecule has 2 aromatic rings. The molecule has 0 aliphatic carbocycles. The Kier molecular flexibility index (Phi) is 5.80. The van der Waals surface area contributed by atoms with E-state index in [0.717, 1.165) is 12.1 Å². The van der Waals surface area contributed by atoms with Crippen molar-refractivity contribution in [1.82, 2.24) is 5.32 Å². The molecule has 0 radical (unpaired) electrons. The fraction of sp³-hybridized carbons (Fsp3) is 0.278. The SMILES string of the molecule is COc1cc(C(=O)N[C@@H](C)c2ccc(F)cc2F)cc(OC)c1OC. The number of rotatable bonds is 6. The van der Waals surface area contributed by atoms with Crippen LogP contribution in [0.2, 0.25) is 0 Å². The molecule has 0 spiro atoms. The van der Waals surface area contributed by atoms with E-state index < -0.39 is 23.6 Å². The minimum absolute atomic E-state index is 0.183. The van der Waals surface area contributed by atoms with Crippen molar-refractivity contribution < 1.29 is 27.8 Å². The van der Waals surface area contributed by atoms with Crippen molar-refractivity contribution >= 4 is 5.91 Å². The zero-order valence-corrected chi connectivity index (χ0v) is 14.4. The molecular weight excluding hydrogens is 332 g/mol. The zero-order chi connectivity index (χ0) is 18.6. The summed E-state index contributed by atoms with van der Waals surface area (Å²) in [6.45, 7) is 1.60. The van der Waals surface area contributed by atoms with Gasteiger partial charge in [0.2, 0.25) is 5.75 Å². The molecule has 0 saturated heterocycles. The smallest absolute Gasteiger partial charge is 0.252 e. The van der Waals surface area contributed by atoms with Crippen molar-refractivity contribution in [1.29, 1.82) is 0 Å². The standard InChI is InChI=1S/C18H19F2NO4/c1-10(13-6-5-12(19)9-14(13)20)21-18(22)11-7-15(23-2)17(25-4)16(8-11)24-3/h5-10H,1-4H3,(H,21,22)/t10-/m0/s1. The van der Waals surface area contributed by atoms with Gasteiger partial charge in [0.25, 0.3) is 5.91 Å². The molecule has 0 aliphatic heterocycles. The minimum atomic E-state index is -0.724. The predicted molar refractivity (Wildman–Crippen MR) is 88.3 cm³/mol. The van der Waals surface area contributed by atoms with Crippen LogP contribution >= 0.6 is 0 Å². The average Bonchev–Trinajstić information content (AvgIpc) is 2.59. The van der Waals surface area contributed by atoms with Gasteiger partial charge in [0.05, 0.1) is 27.4 Å². The molecule has 25 heavy (non-hydrogen) atoms. The van der Waals surface area contributed by atoms with E-state index in [1.165, 1.54) is 39.5 Å². The third-order valence-corrected chi connectivity index (χ3v) is 3.70. The van der Waals surface area contributed by atoms with Crippen molar-refractivity contribution in [2.75, 3.05) is 21.3 Å². The molecule has 0 aromatic heterocycles. The summed E-state index contributed by atoms with van der Waals surface area (Å²) in [6.07, 6.45) is 0. The zero-order valence-electron chi connectivity index (χ0n) is 14.4. The van der Waals surface area contributed by atoms with E-state index >= 15 is 0 Å². The molecule has 2 rings (SSSR count). The average molecular weight is 351 g/mol. The van der Waals surface area contributed by atoms with Crippen LogP contribution in [-0.4, -0.2) is 27.2 Å². The lowest BCUT2D eigenvalue weighted by Gasteiger charge is -2.17. The maximum absolute atomic E-state index is 13.8. The van der Waals surface area contributed by atoms with Gasteiger partial charge < -0.3 is 19.5 Å². The monoisotopic (exact) mass is 351 g/mol. The highest BCUT2D eigenvalue weighted by Gasteiger charge is 2.19. The number of benzene rings is 2. The van der Waals surface area contributed by atoms with Gasteiger partial charge in [-0.05, 0) is 25.1 Å². The first-order chi connectivity index (χ1) is 11.9. The van der Waals surface area contributed by atoms with E-state index in [2.05, 4.69) is 5.32 Å². The van der Waals surface area contributed by atoms with Gasteiger partial charge in [-0.1, -0.05) is 6.07 Å². The first-order valence-electron chi connectivity index (χ1n) is 7.47. The number of carbonyl (C=O) groups excluding carboxylic acids is 1. The van der Waals surface area contributed by atoms with Gasteiger partial charge in [-0.3, -0.25) is 4.79 Å². The van der Waals surface area contributed by atoms with E-state index in [9.17, 15) is 13.6 Å². The molecule has 0 unspecified atom stereocenters. The summed E-state index contributed by atoms with van der Waals surface area (Å²) in [4.78, 5) is 12.5. The highest BCUT2D eigenvalue weighted by atomic mass is 19.1. The van der Waals surface area contributed by atoms with E-state index in [1.54, 1.807) is 6.92 Å². The number of ether oxygens (including phenoxy) is 3. The fourth-order valence-corrected chi connectivity index (χ4v) is 2.42. The number of hydrogen-bond acceptors (Lipinski definition) is 4. The number of carbonyl (C=O) groups is 1. The highest BCUT2D eigenvalue weighted by Crippen LogP contribution is 2.38. The summed E-state index contributed by atoms with van der Waals surface area (Å²) >= 11 is 0. The predicted octanol–water partition coefficient (Wildman–Crippen LogP) is 3.48. The first-order valence-corrected chi connectivity index (χ1v) is 7.47. The molecule has 1 atom stereocenters. The molecule has 0 bridgehead atoms. The maximum Gasteiger partial charge on any atom is 0.252 e. The lowest BCUT2D eigenvalue weighted by atomic mass is 10.1. The Morgan fingerprint density at radius 2 is 1.60 bits per heavy atom. The van der Waals surface area contributed by atoms with Gasteiger partial charge in [-0.15, -0.1) is 0 Å². The third kappa shape index (κ3) is 3.99. The Morgan fingerprint density at radius 1 is 1.00 bits per heavy atom. The summed E-state index contributed by atoms with van der Waals surface area (Å²) in [5.74, 6) is -0.850. The molecule has 2 aromatic carbocycles. The number of halogens is 2. The van der Waals surface area contributed by atoms with E-state index in [0.29, 0.717) is 17.2 Å². The lowest BCUT2D eigenvalue weighted by Crippen LogP contribution is -2.27. The van der Waals surface area contributed by atoms with Gasteiger partial charge in [-0.25, -0.2) is 8.78 Å². The first kappa shape index (κ1) is 18.5. The molecule has 1 amide bonds. The fourth-order valence-electron chi connectivity index (χ4n) is 2.42. The van der Waals surface area contributed by atoms with E-state index in [4.69, 9.17) is 14.2 Å². The third-order valence-electron chi connectivity index (χ3n) is 3.70. The van der Waals surface area contributed by atoms with Crippen LogP contribution in [0.25, 0.3) is 0 Å². The van der Waals surface area contributed by atoms with Gasteiger partial charge in [0, 0.05) is 17.2 Å². The lowest BCUT2D eigenvalue weighted by molar-refractivity contribution is 0.0938. The van der Waals surface area contributed by atoms with Crippen molar-refractivity contribution in [3.8, 4) is 17.2 Å². The van der Waals surface area contributed by atoms with Crippen LogP contribution in [0.3, 0.4) is 0 Å². The van der Waals surface area contributed by atoms with Crippen LogP contribution in [-0.2, 0) is 0 Å². The number of nitrogens with one attached hydrogen (secondary N) is 1. The molecule has 0 fully saturated rings. The molecular formula is C18H19F2NO4. The van der Waals surface area contributed by atoms with E-state index in [-0.39, 0.29) is 11.1 Å². The molecule has 0 saturated carbocycles. The number of methoxy groups -OCH3 is 3. The van der Waals surface area contributed by atoms with Crippen LogP contribution in [0.15, 0.2) is 30.3 Å². The van der Waals surface area contributed by atoms with Gasteiger partial charge >= 0.3 is 0 Å². The van der Waals surface area contributed by atoms with Crippen LogP contribution in [0.1, 0.15) is 28.9 Å². The van der Waals surface area contributed by atoms with Gasteiger partial charge in [0.1, 0.15) is 11.6 Å². The maximum atomic E-state index is 13.8. The Bertz CT molecular complexity index is 755. The summed E-state index contributed by atoms with van der Waals surface area (Å²) in [5.41, 5.74) is 0.436. The van der Waals surface area contributed by atoms with Crippen molar-refractivity contribution in [2.24, 2.45) is 0 Å². The van der Waals surface area contributed by atoms with Gasteiger partial charge in [-0.2, -0.15) is 0 Å². The molecule has 5 nitrogen and oxygen atoms in total. The number of hydrogen-bond donors (Lipinski definition) is 1. The van der Waals surface area contributed by atoms with Gasteiger partial charge in [0.15, 0.2) is 11.5 Å². The summed E-state index contributed by atoms with van der Waals surface area (Å²) in [6, 6.07) is 5.53. The Morgan fingerprint density at radius 3 is 2.08 bits per heavy atom. The molecule has 0 heterocycles. The summed E-state index contributed by atoms with van der Waals surface area (Å²) < 4.78 is 42.5. The second-order valence-corrected chi connectivity index (χ2v) is 5.27.